The average Bonchev–Trinajstić information content (AvgIpc) is 2.88. The van der Waals surface area contributed by atoms with Crippen molar-refractivity contribution in [3.63, 3.8) is 0 Å². The maximum atomic E-state index is 12.5. The van der Waals surface area contributed by atoms with Crippen molar-refractivity contribution in [2.24, 2.45) is 5.73 Å². The van der Waals surface area contributed by atoms with Crippen LogP contribution in [0.15, 0.2) is 24.3 Å². The second-order valence-electron chi connectivity index (χ2n) is 5.23. The Morgan fingerprint density at radius 2 is 1.84 bits per heavy atom. The van der Waals surface area contributed by atoms with Crippen LogP contribution in [0.3, 0.4) is 0 Å². The molecule has 2 aromatic rings. The highest BCUT2D eigenvalue weighted by molar-refractivity contribution is 6.08. The largest absolute Gasteiger partial charge is 0.492 e. The van der Waals surface area contributed by atoms with Crippen LogP contribution in [0, 0.1) is 13.8 Å². The lowest BCUT2D eigenvalue weighted by molar-refractivity contribution is 0.0594. The number of rotatable bonds is 6. The maximum absolute atomic E-state index is 12.5. The van der Waals surface area contributed by atoms with Crippen LogP contribution in [0.4, 0.5) is 5.69 Å². The highest BCUT2D eigenvalue weighted by atomic mass is 35.5. The van der Waals surface area contributed by atoms with Crippen molar-refractivity contribution in [3.05, 3.63) is 46.8 Å². The van der Waals surface area contributed by atoms with Crippen LogP contribution in [0.25, 0.3) is 0 Å². The molecule has 1 heterocycles. The van der Waals surface area contributed by atoms with Crippen LogP contribution in [0.5, 0.6) is 5.75 Å². The number of hydrogen-bond donors (Lipinski definition) is 3. The van der Waals surface area contributed by atoms with E-state index in [1.165, 1.54) is 7.11 Å². The summed E-state index contributed by atoms with van der Waals surface area (Å²) in [7, 11) is 1.30. The number of anilines is 1. The number of benzene rings is 1. The van der Waals surface area contributed by atoms with Gasteiger partial charge in [0.15, 0.2) is 0 Å². The van der Waals surface area contributed by atoms with Gasteiger partial charge in [0.2, 0.25) is 0 Å². The van der Waals surface area contributed by atoms with Gasteiger partial charge in [-0.2, -0.15) is 0 Å². The fourth-order valence-electron chi connectivity index (χ4n) is 2.40. The summed E-state index contributed by atoms with van der Waals surface area (Å²) in [5, 5.41) is 2.80. The molecule has 8 heteroatoms. The van der Waals surface area contributed by atoms with Gasteiger partial charge in [-0.25, -0.2) is 4.79 Å². The van der Waals surface area contributed by atoms with E-state index in [1.54, 1.807) is 38.1 Å². The Balaban J connectivity index is 0.00000312. The third kappa shape index (κ3) is 4.74. The van der Waals surface area contributed by atoms with Gasteiger partial charge in [0.25, 0.3) is 5.91 Å². The molecule has 0 bridgehead atoms. The van der Waals surface area contributed by atoms with Crippen molar-refractivity contribution in [1.82, 2.24) is 4.98 Å². The SMILES string of the molecule is COC(=O)c1[nH]c(C)c(C(=O)Nc2ccc(OCCN)cc2)c1C.Cl. The molecule has 0 saturated carbocycles. The molecule has 4 N–H and O–H groups in total. The van der Waals surface area contributed by atoms with E-state index in [1.807, 2.05) is 0 Å². The van der Waals surface area contributed by atoms with Gasteiger partial charge in [-0.3, -0.25) is 4.79 Å². The zero-order chi connectivity index (χ0) is 17.7. The zero-order valence-corrected chi connectivity index (χ0v) is 15.2. The number of methoxy groups -OCH3 is 1. The molecule has 1 aromatic carbocycles. The lowest BCUT2D eigenvalue weighted by Crippen LogP contribution is -2.14. The van der Waals surface area contributed by atoms with E-state index < -0.39 is 5.97 Å². The van der Waals surface area contributed by atoms with Gasteiger partial charge >= 0.3 is 5.97 Å². The molecule has 25 heavy (non-hydrogen) atoms. The molecule has 0 radical (unpaired) electrons. The number of esters is 1. The van der Waals surface area contributed by atoms with E-state index in [9.17, 15) is 9.59 Å². The van der Waals surface area contributed by atoms with Gasteiger partial charge in [0.05, 0.1) is 12.7 Å². The van der Waals surface area contributed by atoms with Crippen LogP contribution in [0.2, 0.25) is 0 Å². The van der Waals surface area contributed by atoms with Crippen LogP contribution < -0.4 is 15.8 Å². The summed E-state index contributed by atoms with van der Waals surface area (Å²) in [4.78, 5) is 27.1. The molecular formula is C17H22ClN3O4. The molecule has 0 aliphatic carbocycles. The number of aromatic amines is 1. The third-order valence-corrected chi connectivity index (χ3v) is 3.55. The molecule has 136 valence electrons. The molecule has 0 aliphatic rings. The fraction of sp³-hybridized carbons (Fsp3) is 0.294. The van der Waals surface area contributed by atoms with Crippen molar-refractivity contribution < 1.29 is 19.1 Å². The Bertz CT molecular complexity index is 741. The smallest absolute Gasteiger partial charge is 0.354 e. The topological polar surface area (TPSA) is 106 Å². The number of aromatic nitrogens is 1. The number of H-pyrrole nitrogens is 1. The minimum Gasteiger partial charge on any atom is -0.492 e. The lowest BCUT2D eigenvalue weighted by atomic mass is 10.1. The lowest BCUT2D eigenvalue weighted by Gasteiger charge is -2.08. The van der Waals surface area contributed by atoms with E-state index >= 15 is 0 Å². The van der Waals surface area contributed by atoms with Crippen molar-refractivity contribution in [3.8, 4) is 5.75 Å². The molecule has 0 atom stereocenters. The average molecular weight is 368 g/mol. The molecule has 1 amide bonds. The van der Waals surface area contributed by atoms with E-state index in [4.69, 9.17) is 15.2 Å². The zero-order valence-electron chi connectivity index (χ0n) is 14.3. The standard InChI is InChI=1S/C17H21N3O4.ClH/c1-10-14(11(2)19-15(10)17(22)23-3)16(21)20-12-4-6-13(7-5-12)24-9-8-18;/h4-7,19H,8-9,18H2,1-3H3,(H,20,21);1H. The van der Waals surface area contributed by atoms with Gasteiger partial charge in [-0.15, -0.1) is 12.4 Å². The first-order chi connectivity index (χ1) is 11.5. The molecule has 0 aliphatic heterocycles. The van der Waals surface area contributed by atoms with Crippen LogP contribution >= 0.6 is 12.4 Å². The van der Waals surface area contributed by atoms with Crippen molar-refractivity contribution >= 4 is 30.0 Å². The number of halogens is 1. The molecular weight excluding hydrogens is 346 g/mol. The van der Waals surface area contributed by atoms with E-state index in [-0.39, 0.29) is 24.0 Å². The summed E-state index contributed by atoms with van der Waals surface area (Å²) < 4.78 is 10.1. The number of ether oxygens (including phenoxy) is 2. The number of amides is 1. The summed E-state index contributed by atoms with van der Waals surface area (Å²) >= 11 is 0. The fourth-order valence-corrected chi connectivity index (χ4v) is 2.40. The van der Waals surface area contributed by atoms with Gasteiger partial charge in [-0.05, 0) is 43.7 Å². The molecule has 0 unspecified atom stereocenters. The Labute approximate surface area is 152 Å². The van der Waals surface area contributed by atoms with E-state index in [0.717, 1.165) is 0 Å². The quantitative estimate of drug-likeness (QED) is 0.680. The van der Waals surface area contributed by atoms with Crippen molar-refractivity contribution in [2.75, 3.05) is 25.6 Å². The predicted molar refractivity (Wildman–Crippen MR) is 97.8 cm³/mol. The van der Waals surface area contributed by atoms with Crippen molar-refractivity contribution in [1.29, 1.82) is 0 Å². The Morgan fingerprint density at radius 3 is 2.40 bits per heavy atom. The normalized spacial score (nSPS) is 9.92. The van der Waals surface area contributed by atoms with Gasteiger partial charge in [0.1, 0.15) is 18.1 Å². The minimum atomic E-state index is -0.504. The molecule has 7 nitrogen and oxygen atoms in total. The first-order valence-corrected chi connectivity index (χ1v) is 7.49. The van der Waals surface area contributed by atoms with Gasteiger partial charge < -0.3 is 25.5 Å². The summed E-state index contributed by atoms with van der Waals surface area (Å²) in [6, 6.07) is 6.98. The first-order valence-electron chi connectivity index (χ1n) is 7.49. The van der Waals surface area contributed by atoms with Gasteiger partial charge in [-0.1, -0.05) is 0 Å². The van der Waals surface area contributed by atoms with Crippen LogP contribution in [-0.2, 0) is 4.74 Å². The molecule has 0 saturated heterocycles. The Hall–Kier alpha value is -2.51. The summed E-state index contributed by atoms with van der Waals surface area (Å²) in [5.74, 6) is -0.122. The highest BCUT2D eigenvalue weighted by Gasteiger charge is 2.22. The third-order valence-electron chi connectivity index (χ3n) is 3.55. The second kappa shape index (κ2) is 9.10. The summed E-state index contributed by atoms with van der Waals surface area (Å²) in [5.41, 5.74) is 7.88. The number of carbonyl (C=O) groups excluding carboxylic acids is 2. The predicted octanol–water partition coefficient (Wildman–Crippen LogP) is 2.43. The summed E-state index contributed by atoms with van der Waals surface area (Å²) in [6.45, 7) is 4.31. The highest BCUT2D eigenvalue weighted by Crippen LogP contribution is 2.21. The second-order valence-corrected chi connectivity index (χ2v) is 5.23. The molecule has 2 rings (SSSR count). The molecule has 0 spiro atoms. The molecule has 1 aromatic heterocycles. The van der Waals surface area contributed by atoms with Gasteiger partial charge in [0, 0.05) is 17.9 Å². The molecule has 0 fully saturated rings. The number of nitrogens with one attached hydrogen (secondary N) is 2. The van der Waals surface area contributed by atoms with Crippen LogP contribution in [0.1, 0.15) is 32.1 Å². The number of nitrogens with two attached hydrogens (primary N) is 1. The maximum Gasteiger partial charge on any atom is 0.354 e. The van der Waals surface area contributed by atoms with E-state index in [2.05, 4.69) is 10.3 Å². The van der Waals surface area contributed by atoms with Crippen molar-refractivity contribution in [2.45, 2.75) is 13.8 Å². The van der Waals surface area contributed by atoms with Crippen LogP contribution in [-0.4, -0.2) is 37.1 Å². The Morgan fingerprint density at radius 1 is 1.20 bits per heavy atom. The number of hydrogen-bond acceptors (Lipinski definition) is 5. The van der Waals surface area contributed by atoms with E-state index in [0.29, 0.717) is 41.4 Å². The minimum absolute atomic E-state index is 0. The Kier molecular flexibility index (Phi) is 7.47. The monoisotopic (exact) mass is 367 g/mol. The summed E-state index contributed by atoms with van der Waals surface area (Å²) in [6.07, 6.45) is 0. The number of carbonyl (C=O) groups is 2. The number of aryl methyl sites for hydroxylation is 1. The first kappa shape index (κ1) is 20.5.